The standard InChI is InChI=1S/C26H26BrN5O2S.C25H23BrN4O3S.C24H21BrN4O3S/c1-31(2)26(34)16-9-10-21-20(14-16)30-24(19-8-3-4-13-28-19)32(21)18-7-5-6-17(15-18)29-25(33)22-11-12-23(27)35-22;1-33-25(32)15-8-9-20-19(13-15)29-23(18-7-2-3-12-27-18)30(20)17-6-4-5-16(14-17)28-24(31)21-10-11-22(26)34-21;25-21-10-9-20(33-21)23(30)27-15-4-3-5-16(13-15)29-19-8-7-14(24(31)32)12-18(19)28-22(29)17-6-1-2-11-26-17/h3-4,8-14,17-18H,5-7,15H2,1-2H3,(H,29,33);2-3,7-13,16-17H,4-6,14H2,1H3,(H,28,31);1-2,6-12,15-16H,3-5,13H2,(H,27,30)(H,31,32). The van der Waals surface area contributed by atoms with Crippen molar-refractivity contribution < 1.29 is 38.6 Å². The smallest absolute Gasteiger partial charge is 0.337 e. The fourth-order valence-corrected chi connectivity index (χ4v) is 17.7. The van der Waals surface area contributed by atoms with Crippen LogP contribution in [0.3, 0.4) is 0 Å². The summed E-state index contributed by atoms with van der Waals surface area (Å²) in [6, 6.07) is 45.2. The summed E-state index contributed by atoms with van der Waals surface area (Å²) in [6.07, 6.45) is 16.3. The van der Waals surface area contributed by atoms with Gasteiger partial charge in [-0.05, 0) is 252 Å². The predicted octanol–water partition coefficient (Wildman–Crippen LogP) is 16.7. The molecule has 12 aromatic rings. The Balaban J connectivity index is 0.000000137. The van der Waals surface area contributed by atoms with E-state index in [1.807, 2.05) is 121 Å². The molecule has 15 rings (SSSR count). The van der Waals surface area contributed by atoms with E-state index in [-0.39, 0.29) is 65.4 Å². The lowest BCUT2D eigenvalue weighted by molar-refractivity contribution is 0.0599. The van der Waals surface area contributed by atoms with Gasteiger partial charge in [0.1, 0.15) is 17.1 Å². The van der Waals surface area contributed by atoms with Gasteiger partial charge < -0.3 is 44.4 Å². The van der Waals surface area contributed by atoms with Gasteiger partial charge in [-0.15, -0.1) is 34.0 Å². The zero-order valence-electron chi connectivity index (χ0n) is 55.7. The van der Waals surface area contributed by atoms with Crippen LogP contribution in [0.4, 0.5) is 0 Å². The van der Waals surface area contributed by atoms with E-state index in [0.29, 0.717) is 37.1 Å². The highest BCUT2D eigenvalue weighted by atomic mass is 79.9. The van der Waals surface area contributed by atoms with Crippen LogP contribution in [0.15, 0.2) is 176 Å². The largest absolute Gasteiger partial charge is 0.478 e. The number of aromatic nitrogens is 9. The van der Waals surface area contributed by atoms with Crippen molar-refractivity contribution in [3.63, 3.8) is 0 Å². The highest BCUT2D eigenvalue weighted by Crippen LogP contribution is 2.41. The minimum Gasteiger partial charge on any atom is -0.478 e. The summed E-state index contributed by atoms with van der Waals surface area (Å²) in [4.78, 5) is 106. The first-order chi connectivity index (χ1) is 49.4. The Hall–Kier alpha value is -9.12. The number of thiophene rings is 3. The molecule has 0 bridgehead atoms. The van der Waals surface area contributed by atoms with Crippen LogP contribution < -0.4 is 16.0 Å². The summed E-state index contributed by atoms with van der Waals surface area (Å²) in [6.45, 7) is 0. The second-order valence-electron chi connectivity index (χ2n) is 25.5. The molecule has 3 saturated carbocycles. The van der Waals surface area contributed by atoms with Gasteiger partial charge in [-0.1, -0.05) is 18.2 Å². The minimum absolute atomic E-state index is 0.0290. The average Bonchev–Trinajstić information content (AvgIpc) is 1.62. The molecule has 102 heavy (non-hydrogen) atoms. The second kappa shape index (κ2) is 32.0. The van der Waals surface area contributed by atoms with Crippen LogP contribution in [0.25, 0.3) is 67.7 Å². The molecule has 522 valence electrons. The summed E-state index contributed by atoms with van der Waals surface area (Å²) in [7, 11) is 4.86. The molecule has 27 heteroatoms. The molecular formula is C75H70Br3N13O8S3. The number of halogens is 3. The number of nitrogens with one attached hydrogen (secondary N) is 3. The predicted molar refractivity (Wildman–Crippen MR) is 408 cm³/mol. The molecular weight excluding hydrogens is 1550 g/mol. The number of imidazole rings is 3. The van der Waals surface area contributed by atoms with Crippen molar-refractivity contribution in [2.45, 2.75) is 113 Å². The Morgan fingerprint density at radius 1 is 0.461 bits per heavy atom. The number of nitrogens with zero attached hydrogens (tertiary/aromatic N) is 10. The molecule has 6 atom stereocenters. The first kappa shape index (κ1) is 71.3. The number of benzene rings is 3. The minimum atomic E-state index is -0.980. The molecule has 0 aliphatic heterocycles. The van der Waals surface area contributed by atoms with Crippen LogP contribution in [-0.4, -0.2) is 129 Å². The van der Waals surface area contributed by atoms with Gasteiger partial charge in [-0.25, -0.2) is 24.5 Å². The van der Waals surface area contributed by atoms with Crippen molar-refractivity contribution in [3.05, 3.63) is 207 Å². The Kier molecular flexibility index (Phi) is 22.4. The topological polar surface area (TPSA) is 263 Å². The molecule has 0 saturated heterocycles. The summed E-state index contributed by atoms with van der Waals surface area (Å²) in [5.74, 6) is 0.716. The second-order valence-corrected chi connectivity index (χ2v) is 32.8. The number of hydrogen-bond acceptors (Lipinski definition) is 16. The molecule has 4 N–H and O–H groups in total. The number of rotatable bonds is 15. The molecule has 9 heterocycles. The van der Waals surface area contributed by atoms with E-state index in [2.05, 4.69) is 92.4 Å². The lowest BCUT2D eigenvalue weighted by Gasteiger charge is -2.32. The number of pyridine rings is 3. The van der Waals surface area contributed by atoms with E-state index < -0.39 is 11.9 Å². The third-order valence-corrected chi connectivity index (χ3v) is 23.4. The number of aromatic carboxylic acids is 1. The maximum Gasteiger partial charge on any atom is 0.337 e. The van der Waals surface area contributed by atoms with Crippen LogP contribution in [0, 0.1) is 0 Å². The lowest BCUT2D eigenvalue weighted by Crippen LogP contribution is -2.38. The molecule has 3 aromatic carbocycles. The summed E-state index contributed by atoms with van der Waals surface area (Å²) in [5.41, 5.74) is 8.48. The van der Waals surface area contributed by atoms with Gasteiger partial charge in [0, 0.05) is 74.5 Å². The van der Waals surface area contributed by atoms with E-state index in [1.54, 1.807) is 61.9 Å². The zero-order valence-corrected chi connectivity index (χ0v) is 62.9. The zero-order chi connectivity index (χ0) is 71.1. The number of carboxylic acid groups (broad SMARTS) is 1. The van der Waals surface area contributed by atoms with Gasteiger partial charge in [0.15, 0.2) is 17.5 Å². The number of hydrogen-bond donors (Lipinski definition) is 4. The molecule has 0 radical (unpaired) electrons. The highest BCUT2D eigenvalue weighted by Gasteiger charge is 2.33. The van der Waals surface area contributed by atoms with E-state index in [0.717, 1.165) is 145 Å². The first-order valence-electron chi connectivity index (χ1n) is 33.5. The van der Waals surface area contributed by atoms with Gasteiger partial charge in [-0.2, -0.15) is 0 Å². The third-order valence-electron chi connectivity index (χ3n) is 18.5. The van der Waals surface area contributed by atoms with E-state index in [1.165, 1.54) is 41.1 Å². The SMILES string of the molecule is CN(C)C(=O)c1ccc2c(c1)nc(-c1ccccn1)n2C1CCCC(NC(=O)c2ccc(Br)s2)C1.COC(=O)c1ccc2c(c1)nc(-c1ccccn1)n2C1CCCC(NC(=O)c2ccc(Br)s2)C1.O=C(O)c1ccc2c(c1)nc(-c1ccccn1)n2C1CCCC(NC(=O)c2ccc(Br)s2)C1. The fraction of sp³-hybridized carbons (Fsp3) is 0.280. The number of amides is 4. The quantitative estimate of drug-likeness (QED) is 0.0696. The summed E-state index contributed by atoms with van der Waals surface area (Å²) < 4.78 is 14.3. The maximum absolute atomic E-state index is 12.8. The molecule has 4 amide bonds. The molecule has 3 fully saturated rings. The van der Waals surface area contributed by atoms with Gasteiger partial charge in [-0.3, -0.25) is 34.1 Å². The van der Waals surface area contributed by atoms with Crippen molar-refractivity contribution in [2.24, 2.45) is 0 Å². The number of carbonyl (C=O) groups excluding carboxylic acids is 5. The molecule has 3 aliphatic carbocycles. The molecule has 0 spiro atoms. The normalized spacial score (nSPS) is 18.1. The van der Waals surface area contributed by atoms with Crippen molar-refractivity contribution in [2.75, 3.05) is 21.2 Å². The van der Waals surface area contributed by atoms with Gasteiger partial charge in [0.05, 0.1) is 77.3 Å². The number of ether oxygens (including phenoxy) is 1. The number of fused-ring (bicyclic) bond motifs is 3. The van der Waals surface area contributed by atoms with Crippen LogP contribution >= 0.6 is 81.8 Å². The van der Waals surface area contributed by atoms with Crippen molar-refractivity contribution in [1.29, 1.82) is 0 Å². The first-order valence-corrected chi connectivity index (χ1v) is 38.3. The Labute approximate surface area is 624 Å². The third kappa shape index (κ3) is 16.2. The highest BCUT2D eigenvalue weighted by molar-refractivity contribution is 9.11. The number of carboxylic acids is 1. The number of esters is 1. The molecule has 3 aliphatic rings. The van der Waals surface area contributed by atoms with Crippen molar-refractivity contribution in [1.82, 2.24) is 64.5 Å². The summed E-state index contributed by atoms with van der Waals surface area (Å²) in [5, 5.41) is 19.1. The monoisotopic (exact) mass is 1610 g/mol. The van der Waals surface area contributed by atoms with Crippen molar-refractivity contribution >= 4 is 150 Å². The fourth-order valence-electron chi connectivity index (χ4n) is 13.9. The van der Waals surface area contributed by atoms with Crippen LogP contribution in [0.5, 0.6) is 0 Å². The van der Waals surface area contributed by atoms with Crippen molar-refractivity contribution in [3.8, 4) is 34.6 Å². The van der Waals surface area contributed by atoms with Crippen LogP contribution in [0.2, 0.25) is 0 Å². The summed E-state index contributed by atoms with van der Waals surface area (Å²) >= 11 is 14.6. The maximum atomic E-state index is 12.8. The Bertz CT molecular complexity index is 5060. The average molecular weight is 1620 g/mol. The number of carbonyl (C=O) groups is 6. The van der Waals surface area contributed by atoms with Gasteiger partial charge >= 0.3 is 11.9 Å². The molecule has 21 nitrogen and oxygen atoms in total. The van der Waals surface area contributed by atoms with Gasteiger partial charge in [0.25, 0.3) is 23.6 Å². The number of methoxy groups -OCH3 is 1. The van der Waals surface area contributed by atoms with Gasteiger partial charge in [0.2, 0.25) is 0 Å². The van der Waals surface area contributed by atoms with E-state index in [9.17, 15) is 33.9 Å². The van der Waals surface area contributed by atoms with Crippen LogP contribution in [-0.2, 0) is 4.74 Å². The Morgan fingerprint density at radius 2 is 0.804 bits per heavy atom. The Morgan fingerprint density at radius 3 is 1.12 bits per heavy atom. The van der Waals surface area contributed by atoms with E-state index >= 15 is 0 Å². The lowest BCUT2D eigenvalue weighted by atomic mass is 9.90. The van der Waals surface area contributed by atoms with Crippen LogP contribution in [0.1, 0.15) is 155 Å². The molecule has 9 aromatic heterocycles. The van der Waals surface area contributed by atoms with E-state index in [4.69, 9.17) is 19.7 Å². The molecule has 6 unspecified atom stereocenters.